The quantitative estimate of drug-likeness (QED) is 0.513. The number of hydrogen-bond donors (Lipinski definition) is 2. The maximum Gasteiger partial charge on any atom is 0.270 e. The molecule has 0 saturated heterocycles. The summed E-state index contributed by atoms with van der Waals surface area (Å²) in [4.78, 5) is 10.1. The fourth-order valence-corrected chi connectivity index (χ4v) is 1.66. The molecule has 0 spiro atoms. The average molecular weight is 292 g/mol. The third-order valence-corrected chi connectivity index (χ3v) is 2.81. The predicted molar refractivity (Wildman–Crippen MR) is 77.4 cm³/mol. The molecule has 20 heavy (non-hydrogen) atoms. The predicted octanol–water partition coefficient (Wildman–Crippen LogP) is 3.40. The lowest BCUT2D eigenvalue weighted by atomic mass is 10.2. The molecule has 0 aliphatic carbocycles. The Morgan fingerprint density at radius 3 is 2.75 bits per heavy atom. The van der Waals surface area contributed by atoms with E-state index >= 15 is 0 Å². The molecule has 102 valence electrons. The molecule has 0 fully saturated rings. The van der Waals surface area contributed by atoms with Crippen LogP contribution in [0.3, 0.4) is 0 Å². The van der Waals surface area contributed by atoms with E-state index in [-0.39, 0.29) is 17.0 Å². The van der Waals surface area contributed by atoms with Crippen molar-refractivity contribution < 1.29 is 10.0 Å². The van der Waals surface area contributed by atoms with E-state index in [0.29, 0.717) is 10.7 Å². The molecule has 7 heteroatoms. The zero-order valence-electron chi connectivity index (χ0n) is 10.2. The van der Waals surface area contributed by atoms with Gasteiger partial charge in [-0.25, -0.2) is 0 Å². The van der Waals surface area contributed by atoms with Crippen molar-refractivity contribution in [1.82, 2.24) is 0 Å². The van der Waals surface area contributed by atoms with Gasteiger partial charge in [0.05, 0.1) is 21.8 Å². The minimum atomic E-state index is -0.543. The van der Waals surface area contributed by atoms with Crippen molar-refractivity contribution in [3.63, 3.8) is 0 Å². The van der Waals surface area contributed by atoms with Crippen LogP contribution in [0.5, 0.6) is 5.75 Å². The average Bonchev–Trinajstić information content (AvgIpc) is 2.42. The molecular formula is C13H10ClN3O3. The van der Waals surface area contributed by atoms with Crippen LogP contribution in [0, 0.1) is 10.1 Å². The first-order chi connectivity index (χ1) is 9.58. The second-order valence-corrected chi connectivity index (χ2v) is 4.26. The second-order valence-electron chi connectivity index (χ2n) is 3.85. The first kappa shape index (κ1) is 13.8. The summed E-state index contributed by atoms with van der Waals surface area (Å²) in [6.07, 6.45) is 1.28. The van der Waals surface area contributed by atoms with E-state index in [4.69, 9.17) is 11.6 Å². The number of nitrogens with zero attached hydrogens (tertiary/aromatic N) is 2. The highest BCUT2D eigenvalue weighted by Crippen LogP contribution is 2.22. The van der Waals surface area contributed by atoms with E-state index in [1.54, 1.807) is 24.3 Å². The number of benzene rings is 2. The first-order valence-corrected chi connectivity index (χ1v) is 5.97. The van der Waals surface area contributed by atoms with Crippen molar-refractivity contribution in [2.45, 2.75) is 0 Å². The molecule has 2 aromatic carbocycles. The van der Waals surface area contributed by atoms with Crippen molar-refractivity contribution in [2.75, 3.05) is 5.43 Å². The lowest BCUT2D eigenvalue weighted by Crippen LogP contribution is -1.93. The summed E-state index contributed by atoms with van der Waals surface area (Å²) in [6, 6.07) is 10.7. The van der Waals surface area contributed by atoms with Crippen molar-refractivity contribution in [3.8, 4) is 5.75 Å². The molecule has 0 aromatic heterocycles. The molecule has 6 nitrogen and oxygen atoms in total. The molecule has 0 radical (unpaired) electrons. The monoisotopic (exact) mass is 291 g/mol. The van der Waals surface area contributed by atoms with Gasteiger partial charge in [-0.2, -0.15) is 5.10 Å². The number of phenolic OH excluding ortho intramolecular Hbond substituents is 1. The Labute approximate surface area is 119 Å². The van der Waals surface area contributed by atoms with Gasteiger partial charge in [0.25, 0.3) is 5.69 Å². The van der Waals surface area contributed by atoms with Gasteiger partial charge >= 0.3 is 0 Å². The van der Waals surface area contributed by atoms with Crippen molar-refractivity contribution >= 4 is 29.2 Å². The van der Waals surface area contributed by atoms with Gasteiger partial charge in [0.2, 0.25) is 0 Å². The van der Waals surface area contributed by atoms with E-state index in [9.17, 15) is 15.2 Å². The minimum Gasteiger partial charge on any atom is -0.507 e. The molecular weight excluding hydrogens is 282 g/mol. The van der Waals surface area contributed by atoms with Crippen LogP contribution in [0.2, 0.25) is 5.02 Å². The van der Waals surface area contributed by atoms with Gasteiger partial charge in [-0.15, -0.1) is 0 Å². The third-order valence-electron chi connectivity index (χ3n) is 2.48. The number of nitrogens with one attached hydrogen (secondary N) is 1. The molecule has 0 amide bonds. The van der Waals surface area contributed by atoms with Crippen molar-refractivity contribution in [1.29, 1.82) is 0 Å². The Morgan fingerprint density at radius 1 is 1.30 bits per heavy atom. The maximum absolute atomic E-state index is 10.7. The number of non-ortho nitro benzene ring substituents is 1. The Morgan fingerprint density at radius 2 is 2.05 bits per heavy atom. The number of nitro benzene ring substituents is 1. The zero-order chi connectivity index (χ0) is 14.5. The van der Waals surface area contributed by atoms with Crippen LogP contribution in [0.1, 0.15) is 5.56 Å². The van der Waals surface area contributed by atoms with Crippen LogP contribution in [0.4, 0.5) is 11.4 Å². The summed E-state index contributed by atoms with van der Waals surface area (Å²) in [6.45, 7) is 0. The number of rotatable bonds is 4. The third kappa shape index (κ3) is 3.24. The van der Waals surface area contributed by atoms with Crippen LogP contribution in [-0.4, -0.2) is 16.2 Å². The van der Waals surface area contributed by atoms with E-state index < -0.39 is 4.92 Å². The van der Waals surface area contributed by atoms with Crippen LogP contribution >= 0.6 is 11.6 Å². The van der Waals surface area contributed by atoms with Crippen LogP contribution in [0.15, 0.2) is 47.6 Å². The van der Waals surface area contributed by atoms with Gasteiger partial charge in [0.1, 0.15) is 5.75 Å². The molecule has 0 saturated carbocycles. The fraction of sp³-hybridized carbons (Fsp3) is 0. The number of halogens is 1. The van der Waals surface area contributed by atoms with E-state index in [1.807, 2.05) is 0 Å². The highest BCUT2D eigenvalue weighted by molar-refractivity contribution is 6.33. The SMILES string of the molecule is O=[N+]([O-])c1ccc(O)c(/C=N/Nc2ccccc2Cl)c1. The first-order valence-electron chi connectivity index (χ1n) is 5.59. The van der Waals surface area contributed by atoms with Crippen LogP contribution in [0.25, 0.3) is 0 Å². The van der Waals surface area contributed by atoms with Gasteiger partial charge in [0.15, 0.2) is 0 Å². The van der Waals surface area contributed by atoms with Gasteiger partial charge in [-0.3, -0.25) is 15.5 Å². The smallest absolute Gasteiger partial charge is 0.270 e. The number of para-hydroxylation sites is 1. The van der Waals surface area contributed by atoms with E-state index in [0.717, 1.165) is 0 Å². The summed E-state index contributed by atoms with van der Waals surface area (Å²) in [7, 11) is 0. The molecule has 0 heterocycles. The normalized spacial score (nSPS) is 10.7. The van der Waals surface area contributed by atoms with Crippen molar-refractivity contribution in [2.24, 2.45) is 5.10 Å². The second kappa shape index (κ2) is 6.03. The standard InChI is InChI=1S/C13H10ClN3O3/c14-11-3-1-2-4-12(11)16-15-8-9-7-10(17(19)20)5-6-13(9)18/h1-8,16,18H/b15-8+. The molecule has 2 rings (SSSR count). The lowest BCUT2D eigenvalue weighted by molar-refractivity contribution is -0.384. The molecule has 0 bridgehead atoms. The summed E-state index contributed by atoms with van der Waals surface area (Å²) < 4.78 is 0. The minimum absolute atomic E-state index is 0.0969. The summed E-state index contributed by atoms with van der Waals surface area (Å²) >= 11 is 5.93. The fourth-order valence-electron chi connectivity index (χ4n) is 1.48. The zero-order valence-corrected chi connectivity index (χ0v) is 10.9. The maximum atomic E-state index is 10.7. The summed E-state index contributed by atoms with van der Waals surface area (Å²) in [5, 5.41) is 24.6. The molecule has 0 unspecified atom stereocenters. The molecule has 0 aliphatic rings. The Hall–Kier alpha value is -2.60. The molecule has 2 aromatic rings. The van der Waals surface area contributed by atoms with Crippen LogP contribution in [-0.2, 0) is 0 Å². The van der Waals surface area contributed by atoms with Crippen molar-refractivity contribution in [3.05, 3.63) is 63.2 Å². The van der Waals surface area contributed by atoms with Gasteiger partial charge in [-0.05, 0) is 18.2 Å². The van der Waals surface area contributed by atoms with Gasteiger partial charge < -0.3 is 5.11 Å². The lowest BCUT2D eigenvalue weighted by Gasteiger charge is -2.02. The number of nitro groups is 1. The largest absolute Gasteiger partial charge is 0.507 e. The summed E-state index contributed by atoms with van der Waals surface area (Å²) in [5.74, 6) is -0.0969. The van der Waals surface area contributed by atoms with E-state index in [1.165, 1.54) is 24.4 Å². The number of phenols is 1. The number of hydrazone groups is 1. The highest BCUT2D eigenvalue weighted by atomic mass is 35.5. The Kier molecular flexibility index (Phi) is 4.17. The number of hydrogen-bond acceptors (Lipinski definition) is 5. The van der Waals surface area contributed by atoms with Gasteiger partial charge in [0, 0.05) is 17.7 Å². The Balaban J connectivity index is 2.17. The molecule has 0 atom stereocenters. The summed E-state index contributed by atoms with van der Waals surface area (Å²) in [5.41, 5.74) is 3.40. The van der Waals surface area contributed by atoms with E-state index in [2.05, 4.69) is 10.5 Å². The Bertz CT molecular complexity index is 674. The number of anilines is 1. The molecule has 0 aliphatic heterocycles. The van der Waals surface area contributed by atoms with Crippen LogP contribution < -0.4 is 5.43 Å². The highest BCUT2D eigenvalue weighted by Gasteiger charge is 2.08. The molecule has 2 N–H and O–H groups in total. The van der Waals surface area contributed by atoms with Gasteiger partial charge in [-0.1, -0.05) is 23.7 Å². The number of aromatic hydroxyl groups is 1. The topological polar surface area (TPSA) is 87.8 Å².